The van der Waals surface area contributed by atoms with Crippen molar-refractivity contribution in [2.45, 2.75) is 117 Å². The Morgan fingerprint density at radius 2 is 1.50 bits per heavy atom. The first kappa shape index (κ1) is 64.3. The number of thioether (sulfide) groups is 1. The van der Waals surface area contributed by atoms with E-state index in [4.69, 9.17) is 11.6 Å². The van der Waals surface area contributed by atoms with Crippen LogP contribution in [-0.4, -0.2) is 154 Å². The van der Waals surface area contributed by atoms with Crippen LogP contribution >= 0.6 is 23.4 Å². The molecule has 0 radical (unpaired) electrons. The van der Waals surface area contributed by atoms with E-state index in [1.54, 1.807) is 12.1 Å². The van der Waals surface area contributed by atoms with Crippen molar-refractivity contribution < 1.29 is 58.4 Å². The number of sulfonamides is 1. The van der Waals surface area contributed by atoms with Gasteiger partial charge >= 0.3 is 5.51 Å². The van der Waals surface area contributed by atoms with Crippen LogP contribution in [0.5, 0.6) is 0 Å². The molecule has 4 aliphatic heterocycles. The van der Waals surface area contributed by atoms with Crippen molar-refractivity contribution in [3.05, 3.63) is 153 Å². The summed E-state index contributed by atoms with van der Waals surface area (Å²) >= 11 is 7.59. The number of alkyl halides is 3. The highest BCUT2D eigenvalue weighted by Crippen LogP contribution is 2.43. The fourth-order valence-electron chi connectivity index (χ4n) is 12.5. The van der Waals surface area contributed by atoms with Gasteiger partial charge in [-0.1, -0.05) is 61.4 Å². The quantitative estimate of drug-likeness (QED) is 0.0400. The summed E-state index contributed by atoms with van der Waals surface area (Å²) in [5.74, 6) is -4.90. The van der Waals surface area contributed by atoms with Gasteiger partial charge in [0.05, 0.1) is 21.7 Å². The van der Waals surface area contributed by atoms with Gasteiger partial charge in [-0.05, 0) is 147 Å². The third kappa shape index (κ3) is 14.3. The molecule has 88 heavy (non-hydrogen) atoms. The third-order valence-electron chi connectivity index (χ3n) is 17.2. The van der Waals surface area contributed by atoms with Crippen LogP contribution in [0.4, 0.5) is 28.9 Å². The fourth-order valence-corrected chi connectivity index (χ4v) is 15.7. The maximum atomic E-state index is 15.7. The monoisotopic (exact) mass is 1290 g/mol. The average molecular weight is 1290 g/mol. The Bertz CT molecular complexity index is 3760. The number of nitrogens with zero attached hydrogens (tertiary/aromatic N) is 5. The minimum Gasteiger partial charge on any atom is -0.380 e. The number of rotatable bonds is 19. The van der Waals surface area contributed by atoms with Crippen molar-refractivity contribution in [1.82, 2.24) is 29.6 Å². The summed E-state index contributed by atoms with van der Waals surface area (Å²) < 4.78 is 116. The summed E-state index contributed by atoms with van der Waals surface area (Å²) in [6.45, 7) is 13.8. The Kier molecular flexibility index (Phi) is 19.0. The normalized spacial score (nSPS) is 21.1. The van der Waals surface area contributed by atoms with E-state index >= 15 is 4.39 Å². The first-order chi connectivity index (χ1) is 41.6. The van der Waals surface area contributed by atoms with Crippen molar-refractivity contribution in [3.8, 4) is 0 Å². The molecule has 3 N–H and O–H groups in total. The van der Waals surface area contributed by atoms with Crippen molar-refractivity contribution in [2.75, 3.05) is 68.3 Å². The summed E-state index contributed by atoms with van der Waals surface area (Å²) in [6, 6.07) is 26.1. The van der Waals surface area contributed by atoms with Crippen LogP contribution in [0.25, 0.3) is 5.57 Å². The summed E-state index contributed by atoms with van der Waals surface area (Å²) in [4.78, 5) is 73.0. The van der Waals surface area contributed by atoms with Crippen LogP contribution in [0.1, 0.15) is 108 Å². The molecule has 0 aromatic heterocycles. The Morgan fingerprint density at radius 3 is 2.16 bits per heavy atom. The zero-order chi connectivity index (χ0) is 63.0. The van der Waals surface area contributed by atoms with Gasteiger partial charge in [0, 0.05) is 110 Å². The Morgan fingerprint density at radius 1 is 0.818 bits per heavy atom. The molecule has 5 amide bonds. The molecular weight excluding hydrogens is 1220 g/mol. The van der Waals surface area contributed by atoms with E-state index in [-0.39, 0.29) is 60.2 Å². The first-order valence-electron chi connectivity index (χ1n) is 29.2. The zero-order valence-electron chi connectivity index (χ0n) is 49.0. The van der Waals surface area contributed by atoms with Gasteiger partial charge in [-0.15, -0.1) is 11.8 Å². The molecule has 3 fully saturated rings. The largest absolute Gasteiger partial charge is 0.501 e. The van der Waals surface area contributed by atoms with Gasteiger partial charge < -0.3 is 15.1 Å². The van der Waals surface area contributed by atoms with Gasteiger partial charge in [0.2, 0.25) is 11.8 Å². The van der Waals surface area contributed by atoms with Gasteiger partial charge in [-0.25, -0.2) is 25.9 Å². The van der Waals surface area contributed by atoms with Crippen LogP contribution in [-0.2, 0) is 36.0 Å². The smallest absolute Gasteiger partial charge is 0.380 e. The standard InChI is InChI=1S/C63H69ClF4N8O9S3/c1-39-34-73(35-40(2)75(39)36-41-30-51-57(52(65)31-41)61(81)76(60(51)80)54-20-21-56(77)70-59(54)79)25-23-46(38-86-48-8-6-5-7-9-48)69-53-19-18-49(32-55(53)87(82,83)63(66,67)68)88(84,85)71-58(78)43-12-16-47(17-13-43)74-28-26-72(27-29-74)37-44-33-62(3,4)24-22-50(44)42-10-14-45(64)15-11-42/h5-19,30-32,39-40,46,54,69H,20-29,33-38H2,1-4H3,(H,71,78)(H,70,77,79)/t39?,40?,46-,54?/m1/s1. The molecule has 5 aromatic carbocycles. The number of halogens is 5. The number of imide groups is 2. The molecule has 468 valence electrons. The van der Waals surface area contributed by atoms with Crippen LogP contribution in [0.15, 0.2) is 129 Å². The van der Waals surface area contributed by atoms with E-state index in [1.807, 2.05) is 61.0 Å². The van der Waals surface area contributed by atoms with E-state index < -0.39 is 93.8 Å². The number of hydrogen-bond acceptors (Lipinski definition) is 15. The number of piperazine rings is 2. The first-order valence-corrected chi connectivity index (χ1v) is 33.5. The van der Waals surface area contributed by atoms with Crippen molar-refractivity contribution >= 4 is 89.7 Å². The van der Waals surface area contributed by atoms with Gasteiger partial charge in [-0.3, -0.25) is 44.0 Å². The molecule has 0 spiro atoms. The number of amides is 5. The van der Waals surface area contributed by atoms with E-state index in [0.29, 0.717) is 54.3 Å². The number of hydrogen-bond donors (Lipinski definition) is 3. The molecule has 5 aromatic rings. The van der Waals surface area contributed by atoms with Crippen molar-refractivity contribution in [1.29, 1.82) is 0 Å². The molecule has 1 aliphatic carbocycles. The molecule has 3 unspecified atom stereocenters. The lowest BCUT2D eigenvalue weighted by Crippen LogP contribution is -2.56. The lowest BCUT2D eigenvalue weighted by atomic mass is 9.73. The lowest BCUT2D eigenvalue weighted by Gasteiger charge is -2.45. The maximum Gasteiger partial charge on any atom is 0.501 e. The molecule has 5 aliphatic rings. The topological polar surface area (TPSA) is 206 Å². The number of sulfone groups is 1. The molecule has 3 saturated heterocycles. The minimum absolute atomic E-state index is 0.0505. The Balaban J connectivity index is 0.791. The van der Waals surface area contributed by atoms with E-state index in [9.17, 15) is 54.0 Å². The highest BCUT2D eigenvalue weighted by Gasteiger charge is 2.49. The van der Waals surface area contributed by atoms with Crippen molar-refractivity contribution in [2.24, 2.45) is 5.41 Å². The van der Waals surface area contributed by atoms with Crippen LogP contribution in [0.2, 0.25) is 5.02 Å². The molecular formula is C63H69ClF4N8O9S3. The highest BCUT2D eigenvalue weighted by molar-refractivity contribution is 7.99. The predicted molar refractivity (Wildman–Crippen MR) is 329 cm³/mol. The molecule has 4 atom stereocenters. The van der Waals surface area contributed by atoms with E-state index in [2.05, 4.69) is 56.2 Å². The van der Waals surface area contributed by atoms with Crippen molar-refractivity contribution in [3.63, 3.8) is 0 Å². The maximum absolute atomic E-state index is 15.7. The second-order valence-electron chi connectivity index (χ2n) is 24.1. The number of allylic oxidation sites excluding steroid dienone is 1. The SMILES string of the molecule is CC1CN(CC[C@H](CSc2ccccc2)Nc2ccc(S(=O)(=O)NC(=O)c3ccc(N4CCN(CC5=C(c6ccc(Cl)cc6)CCC(C)(C)C5)CC4)cc3)cc2S(=O)(=O)C(F)(F)F)CC(C)N1Cc1cc(F)c2c(c1)C(=O)N(C1CCC(=O)NC1=O)C2=O. The Labute approximate surface area is 519 Å². The number of anilines is 2. The van der Waals surface area contributed by atoms with Gasteiger partial charge in [0.25, 0.3) is 37.6 Å². The number of carbonyl (C=O) groups excluding carboxylic acids is 5. The van der Waals surface area contributed by atoms with Crippen LogP contribution in [0, 0.1) is 11.2 Å². The molecule has 10 rings (SSSR count). The third-order valence-corrected chi connectivity index (χ3v) is 21.5. The number of carbonyl (C=O) groups is 5. The minimum atomic E-state index is -6.20. The van der Waals surface area contributed by atoms with Gasteiger partial charge in [0.1, 0.15) is 16.8 Å². The molecule has 4 heterocycles. The Hall–Kier alpha value is -6.67. The van der Waals surface area contributed by atoms with Crippen LogP contribution < -0.4 is 20.3 Å². The summed E-state index contributed by atoms with van der Waals surface area (Å²) in [5, 5.41) is 5.83. The molecule has 25 heteroatoms. The van der Waals surface area contributed by atoms with Gasteiger partial charge in [-0.2, -0.15) is 13.2 Å². The highest BCUT2D eigenvalue weighted by atomic mass is 35.5. The second kappa shape index (κ2) is 26.0. The zero-order valence-corrected chi connectivity index (χ0v) is 52.2. The number of piperidine rings is 1. The molecule has 0 bridgehead atoms. The average Bonchev–Trinajstić information content (AvgIpc) is 1.59. The molecule has 17 nitrogen and oxygen atoms in total. The fraction of sp³-hybridized carbons (Fsp3) is 0.413. The summed E-state index contributed by atoms with van der Waals surface area (Å²) in [7, 11) is -11.2. The summed E-state index contributed by atoms with van der Waals surface area (Å²) in [5.41, 5.74) is -1.62. The number of benzene rings is 5. The second-order valence-corrected chi connectivity index (χ2v) is 29.2. The van der Waals surface area contributed by atoms with Crippen LogP contribution in [0.3, 0.4) is 0 Å². The van der Waals surface area contributed by atoms with E-state index in [1.165, 1.54) is 52.7 Å². The predicted octanol–water partition coefficient (Wildman–Crippen LogP) is 9.64. The lowest BCUT2D eigenvalue weighted by molar-refractivity contribution is -0.136. The van der Waals surface area contributed by atoms with Gasteiger partial charge in [0.15, 0.2) is 0 Å². The molecule has 0 saturated carbocycles. The number of fused-ring (bicyclic) bond motifs is 1. The van der Waals surface area contributed by atoms with E-state index in [0.717, 1.165) is 61.6 Å². The summed E-state index contributed by atoms with van der Waals surface area (Å²) in [6.07, 6.45) is 3.17. The number of nitrogens with one attached hydrogen (secondary N) is 3.